The highest BCUT2D eigenvalue weighted by Crippen LogP contribution is 2.16. The third kappa shape index (κ3) is 6.52. The van der Waals surface area contributed by atoms with Crippen molar-refractivity contribution in [3.05, 3.63) is 59.7 Å². The van der Waals surface area contributed by atoms with Gasteiger partial charge in [0.25, 0.3) is 0 Å². The monoisotopic (exact) mass is 316 g/mol. The molecule has 0 amide bonds. The van der Waals surface area contributed by atoms with E-state index in [1.807, 2.05) is 0 Å². The van der Waals surface area contributed by atoms with Crippen molar-refractivity contribution in [1.82, 2.24) is 0 Å². The molecule has 0 saturated heterocycles. The van der Waals surface area contributed by atoms with E-state index in [4.69, 9.17) is 21.7 Å². The van der Waals surface area contributed by atoms with Crippen LogP contribution in [0.3, 0.4) is 0 Å². The highest BCUT2D eigenvalue weighted by Gasteiger charge is 2.12. The van der Waals surface area contributed by atoms with Crippen molar-refractivity contribution in [2.75, 3.05) is 11.5 Å². The second-order valence-corrected chi connectivity index (χ2v) is 5.04. The molecule has 23 heavy (non-hydrogen) atoms. The van der Waals surface area contributed by atoms with Crippen molar-refractivity contribution in [2.24, 2.45) is 0 Å². The predicted molar refractivity (Wildman–Crippen MR) is 89.1 cm³/mol. The molecule has 1 atom stereocenters. The molecule has 0 aliphatic carbocycles. The average Bonchev–Trinajstić information content (AvgIpc) is 2.50. The van der Waals surface area contributed by atoms with Crippen LogP contribution in [0.2, 0.25) is 0 Å². The standard InChI is InChI=1S/C9H11NO2.C8H9NO2/c1-6(9(11)12)7-2-4-8(10)5-3-7;9-7-3-1-6(2-4-7)5-8(10)11/h2-6H,10H2,1H3,(H,11,12);1-4H,5,9H2,(H,10,11). The summed E-state index contributed by atoms with van der Waals surface area (Å²) in [5.74, 6) is -2.11. The smallest absolute Gasteiger partial charge is 0.310 e. The Morgan fingerprint density at radius 3 is 1.74 bits per heavy atom. The fourth-order valence-electron chi connectivity index (χ4n) is 1.74. The van der Waals surface area contributed by atoms with Crippen molar-refractivity contribution >= 4 is 23.3 Å². The molecular formula is C17H20N2O4. The van der Waals surface area contributed by atoms with Gasteiger partial charge in [-0.25, -0.2) is 0 Å². The number of anilines is 2. The number of nitrogens with two attached hydrogens (primary N) is 2. The molecule has 0 spiro atoms. The van der Waals surface area contributed by atoms with E-state index in [-0.39, 0.29) is 6.42 Å². The van der Waals surface area contributed by atoms with Gasteiger partial charge in [0, 0.05) is 11.4 Å². The van der Waals surface area contributed by atoms with Gasteiger partial charge in [0.1, 0.15) is 0 Å². The lowest BCUT2D eigenvalue weighted by atomic mass is 10.0. The summed E-state index contributed by atoms with van der Waals surface area (Å²) in [7, 11) is 0. The quantitative estimate of drug-likeness (QED) is 0.641. The normalized spacial score (nSPS) is 11.0. The predicted octanol–water partition coefficient (Wildman–Crippen LogP) is 2.35. The molecule has 0 radical (unpaired) electrons. The molecule has 1 unspecified atom stereocenters. The van der Waals surface area contributed by atoms with Gasteiger partial charge in [-0.05, 0) is 42.3 Å². The first-order chi connectivity index (χ1) is 10.8. The maximum atomic E-state index is 10.6. The van der Waals surface area contributed by atoms with E-state index >= 15 is 0 Å². The number of aliphatic carboxylic acids is 2. The second-order valence-electron chi connectivity index (χ2n) is 5.04. The van der Waals surface area contributed by atoms with Gasteiger partial charge in [-0.3, -0.25) is 9.59 Å². The van der Waals surface area contributed by atoms with Gasteiger partial charge in [-0.1, -0.05) is 24.3 Å². The van der Waals surface area contributed by atoms with Crippen LogP contribution in [-0.4, -0.2) is 22.2 Å². The first-order valence-electron chi connectivity index (χ1n) is 6.94. The molecule has 0 bridgehead atoms. The fourth-order valence-corrected chi connectivity index (χ4v) is 1.74. The molecular weight excluding hydrogens is 296 g/mol. The van der Waals surface area contributed by atoms with Crippen molar-refractivity contribution in [2.45, 2.75) is 19.3 Å². The Hall–Kier alpha value is -3.02. The third-order valence-corrected chi connectivity index (χ3v) is 3.14. The average molecular weight is 316 g/mol. The summed E-state index contributed by atoms with van der Waals surface area (Å²) in [5, 5.41) is 17.1. The highest BCUT2D eigenvalue weighted by molar-refractivity contribution is 5.75. The van der Waals surface area contributed by atoms with Crippen molar-refractivity contribution in [1.29, 1.82) is 0 Å². The molecule has 0 aliphatic heterocycles. The van der Waals surface area contributed by atoms with E-state index in [0.717, 1.165) is 11.1 Å². The van der Waals surface area contributed by atoms with Crippen LogP contribution in [0.5, 0.6) is 0 Å². The zero-order valence-corrected chi connectivity index (χ0v) is 12.8. The maximum absolute atomic E-state index is 10.6. The highest BCUT2D eigenvalue weighted by atomic mass is 16.4. The number of benzene rings is 2. The molecule has 2 aromatic rings. The number of rotatable bonds is 4. The lowest BCUT2D eigenvalue weighted by molar-refractivity contribution is -0.138. The molecule has 2 aromatic carbocycles. The Morgan fingerprint density at radius 2 is 1.35 bits per heavy atom. The number of hydrogen-bond acceptors (Lipinski definition) is 4. The second kappa shape index (κ2) is 8.43. The van der Waals surface area contributed by atoms with E-state index in [0.29, 0.717) is 11.4 Å². The summed E-state index contributed by atoms with van der Waals surface area (Å²) >= 11 is 0. The number of carboxylic acids is 2. The van der Waals surface area contributed by atoms with Crippen LogP contribution in [0.4, 0.5) is 11.4 Å². The summed E-state index contributed by atoms with van der Waals surface area (Å²) in [4.78, 5) is 20.8. The molecule has 0 fully saturated rings. The lowest BCUT2D eigenvalue weighted by Gasteiger charge is -2.05. The van der Waals surface area contributed by atoms with E-state index in [9.17, 15) is 9.59 Å². The first-order valence-corrected chi connectivity index (χ1v) is 6.94. The zero-order valence-electron chi connectivity index (χ0n) is 12.8. The Bertz CT molecular complexity index is 651. The lowest BCUT2D eigenvalue weighted by Crippen LogP contribution is -2.07. The molecule has 6 heteroatoms. The van der Waals surface area contributed by atoms with Gasteiger partial charge in [-0.15, -0.1) is 0 Å². The minimum atomic E-state index is -0.824. The number of hydrogen-bond donors (Lipinski definition) is 4. The van der Waals surface area contributed by atoms with Gasteiger partial charge in [0.15, 0.2) is 0 Å². The third-order valence-electron chi connectivity index (χ3n) is 3.14. The summed E-state index contributed by atoms with van der Waals surface area (Å²) in [6.45, 7) is 1.65. The molecule has 6 nitrogen and oxygen atoms in total. The number of carboxylic acid groups (broad SMARTS) is 2. The number of carbonyl (C=O) groups is 2. The summed E-state index contributed by atoms with van der Waals surface area (Å²) in [6.07, 6.45) is 0.0558. The van der Waals surface area contributed by atoms with E-state index in [1.54, 1.807) is 55.5 Å². The van der Waals surface area contributed by atoms with Crippen molar-refractivity contribution in [3.63, 3.8) is 0 Å². The van der Waals surface area contributed by atoms with Gasteiger partial charge in [0.2, 0.25) is 0 Å². The SMILES string of the molecule is CC(C(=O)O)c1ccc(N)cc1.Nc1ccc(CC(=O)O)cc1. The molecule has 0 aromatic heterocycles. The molecule has 0 heterocycles. The maximum Gasteiger partial charge on any atom is 0.310 e. The molecule has 122 valence electrons. The van der Waals surface area contributed by atoms with Crippen LogP contribution in [0.15, 0.2) is 48.5 Å². The first kappa shape index (κ1) is 18.0. The Balaban J connectivity index is 0.000000231. The molecule has 2 rings (SSSR count). The van der Waals surface area contributed by atoms with E-state index in [1.165, 1.54) is 0 Å². The van der Waals surface area contributed by atoms with Gasteiger partial charge in [-0.2, -0.15) is 0 Å². The van der Waals surface area contributed by atoms with E-state index in [2.05, 4.69) is 0 Å². The van der Waals surface area contributed by atoms with Crippen LogP contribution in [0.25, 0.3) is 0 Å². The van der Waals surface area contributed by atoms with Gasteiger partial charge in [0.05, 0.1) is 12.3 Å². The molecule has 6 N–H and O–H groups in total. The Morgan fingerprint density at radius 1 is 0.913 bits per heavy atom. The van der Waals surface area contributed by atoms with Crippen molar-refractivity contribution < 1.29 is 19.8 Å². The largest absolute Gasteiger partial charge is 0.481 e. The molecule has 0 saturated carbocycles. The minimum Gasteiger partial charge on any atom is -0.481 e. The van der Waals surface area contributed by atoms with Crippen LogP contribution < -0.4 is 11.5 Å². The Kier molecular flexibility index (Phi) is 6.61. The summed E-state index contributed by atoms with van der Waals surface area (Å²) in [6, 6.07) is 13.7. The van der Waals surface area contributed by atoms with Crippen molar-refractivity contribution in [3.8, 4) is 0 Å². The zero-order chi connectivity index (χ0) is 17.4. The van der Waals surface area contributed by atoms with Gasteiger partial charge < -0.3 is 21.7 Å². The van der Waals surface area contributed by atoms with Crippen LogP contribution in [0.1, 0.15) is 24.0 Å². The number of nitrogen functional groups attached to an aromatic ring is 2. The van der Waals surface area contributed by atoms with Crippen LogP contribution in [0, 0.1) is 0 Å². The van der Waals surface area contributed by atoms with E-state index < -0.39 is 17.9 Å². The topological polar surface area (TPSA) is 127 Å². The molecule has 0 aliphatic rings. The van der Waals surface area contributed by atoms with Crippen LogP contribution >= 0.6 is 0 Å². The Labute approximate surface area is 134 Å². The summed E-state index contributed by atoms with van der Waals surface area (Å²) < 4.78 is 0. The van der Waals surface area contributed by atoms with Crippen LogP contribution in [-0.2, 0) is 16.0 Å². The fraction of sp³-hybridized carbons (Fsp3) is 0.176. The minimum absolute atomic E-state index is 0.0558. The van der Waals surface area contributed by atoms with Gasteiger partial charge >= 0.3 is 11.9 Å². The summed E-state index contributed by atoms with van der Waals surface area (Å²) in [5.41, 5.74) is 13.7.